The zero-order valence-corrected chi connectivity index (χ0v) is 13.4. The predicted octanol–water partition coefficient (Wildman–Crippen LogP) is 2.95. The Morgan fingerprint density at radius 1 is 1.22 bits per heavy atom. The Morgan fingerprint density at radius 2 is 2.17 bits per heavy atom. The van der Waals surface area contributed by atoms with Crippen molar-refractivity contribution in [1.82, 2.24) is 10.3 Å². The van der Waals surface area contributed by atoms with Gasteiger partial charge in [-0.25, -0.2) is 0 Å². The van der Waals surface area contributed by atoms with E-state index in [2.05, 4.69) is 33.5 Å². The molecule has 5 nitrogen and oxygen atoms in total. The molecule has 3 heterocycles. The van der Waals surface area contributed by atoms with E-state index >= 15 is 0 Å². The van der Waals surface area contributed by atoms with Gasteiger partial charge in [0.2, 0.25) is 6.79 Å². The van der Waals surface area contributed by atoms with Crippen LogP contribution < -0.4 is 19.7 Å². The van der Waals surface area contributed by atoms with Gasteiger partial charge in [0.05, 0.1) is 11.6 Å². The van der Waals surface area contributed by atoms with E-state index in [9.17, 15) is 0 Å². The Hall–Kier alpha value is -2.34. The second kappa shape index (κ2) is 6.42. The zero-order chi connectivity index (χ0) is 15.5. The number of nitrogens with one attached hydrogen (secondary N) is 1. The van der Waals surface area contributed by atoms with E-state index in [1.54, 1.807) is 6.20 Å². The first kappa shape index (κ1) is 14.3. The van der Waals surface area contributed by atoms with Gasteiger partial charge in [-0.2, -0.15) is 0 Å². The summed E-state index contributed by atoms with van der Waals surface area (Å²) in [5.74, 6) is 2.66. The Labute approximate surface area is 139 Å². The molecule has 0 unspecified atom stereocenters. The fraction of sp³-hybridized carbons (Fsp3) is 0.235. The van der Waals surface area contributed by atoms with E-state index in [1.807, 2.05) is 36.2 Å². The number of pyridine rings is 1. The quantitative estimate of drug-likeness (QED) is 0.932. The third kappa shape index (κ3) is 3.07. The highest BCUT2D eigenvalue weighted by Crippen LogP contribution is 2.38. The lowest BCUT2D eigenvalue weighted by atomic mass is 10.2. The van der Waals surface area contributed by atoms with Crippen LogP contribution in [-0.4, -0.2) is 24.1 Å². The van der Waals surface area contributed by atoms with Crippen LogP contribution in [-0.2, 0) is 6.54 Å². The summed E-state index contributed by atoms with van der Waals surface area (Å²) in [5, 5.41) is 4.52. The summed E-state index contributed by atoms with van der Waals surface area (Å²) in [7, 11) is 0. The van der Waals surface area contributed by atoms with Crippen LogP contribution in [0.3, 0.4) is 0 Å². The molecule has 6 heteroatoms. The van der Waals surface area contributed by atoms with Crippen LogP contribution in [0.1, 0.15) is 5.56 Å². The van der Waals surface area contributed by atoms with Crippen LogP contribution >= 0.6 is 11.8 Å². The van der Waals surface area contributed by atoms with Crippen LogP contribution in [0, 0.1) is 0 Å². The first-order valence-electron chi connectivity index (χ1n) is 7.52. The Balaban J connectivity index is 1.68. The van der Waals surface area contributed by atoms with Crippen molar-refractivity contribution in [3.8, 4) is 11.5 Å². The number of hydrogen-bond donors (Lipinski definition) is 1. The van der Waals surface area contributed by atoms with Crippen LogP contribution in [0.25, 0.3) is 0 Å². The molecule has 0 amide bonds. The van der Waals surface area contributed by atoms with Gasteiger partial charge in [0, 0.05) is 42.6 Å². The summed E-state index contributed by atoms with van der Waals surface area (Å²) in [4.78, 5) is 6.49. The van der Waals surface area contributed by atoms with Gasteiger partial charge in [0.25, 0.3) is 0 Å². The molecule has 2 aromatic rings. The lowest BCUT2D eigenvalue weighted by Crippen LogP contribution is -2.26. The summed E-state index contributed by atoms with van der Waals surface area (Å²) in [6.45, 7) is 2.05. The topological polar surface area (TPSA) is 46.6 Å². The monoisotopic (exact) mass is 327 g/mol. The maximum Gasteiger partial charge on any atom is 0.231 e. The molecule has 0 saturated heterocycles. The standard InChI is InChI=1S/C17H17N3O2S/c1-2-13(9-18-5-1)11-20(17-10-19-6-7-23-17)14-3-4-15-16(8-14)22-12-21-15/h1-5,8-10,19H,6-7,11-12H2. The van der Waals surface area contributed by atoms with Crippen molar-refractivity contribution in [3.63, 3.8) is 0 Å². The number of ether oxygens (including phenoxy) is 2. The molecule has 23 heavy (non-hydrogen) atoms. The molecule has 1 aromatic carbocycles. The van der Waals surface area contributed by atoms with Gasteiger partial charge in [0.15, 0.2) is 11.5 Å². The maximum absolute atomic E-state index is 5.52. The van der Waals surface area contributed by atoms with Gasteiger partial charge in [-0.1, -0.05) is 6.07 Å². The van der Waals surface area contributed by atoms with E-state index in [0.29, 0.717) is 6.79 Å². The zero-order valence-electron chi connectivity index (χ0n) is 12.6. The molecule has 0 radical (unpaired) electrons. The molecule has 0 atom stereocenters. The maximum atomic E-state index is 5.52. The molecule has 2 aliphatic heterocycles. The Bertz CT molecular complexity index is 721. The summed E-state index contributed by atoms with van der Waals surface area (Å²) in [6, 6.07) is 10.1. The fourth-order valence-corrected chi connectivity index (χ4v) is 3.52. The molecule has 1 aromatic heterocycles. The van der Waals surface area contributed by atoms with Crippen LogP contribution in [0.2, 0.25) is 0 Å². The molecular weight excluding hydrogens is 310 g/mol. The summed E-state index contributed by atoms with van der Waals surface area (Å²) in [5.41, 5.74) is 2.25. The second-order valence-corrected chi connectivity index (χ2v) is 6.39. The smallest absolute Gasteiger partial charge is 0.231 e. The fourth-order valence-electron chi connectivity index (χ4n) is 2.60. The minimum atomic E-state index is 0.292. The average molecular weight is 327 g/mol. The van der Waals surface area contributed by atoms with Gasteiger partial charge in [0.1, 0.15) is 0 Å². The third-order valence-corrected chi connectivity index (χ3v) is 4.76. The van der Waals surface area contributed by atoms with Crippen molar-refractivity contribution >= 4 is 17.4 Å². The van der Waals surface area contributed by atoms with Crippen molar-refractivity contribution in [1.29, 1.82) is 0 Å². The number of thioether (sulfide) groups is 1. The van der Waals surface area contributed by atoms with Crippen molar-refractivity contribution in [2.24, 2.45) is 0 Å². The van der Waals surface area contributed by atoms with Gasteiger partial charge in [-0.05, 0) is 23.8 Å². The number of hydrogen-bond acceptors (Lipinski definition) is 6. The highest BCUT2D eigenvalue weighted by molar-refractivity contribution is 8.03. The normalized spacial score (nSPS) is 15.7. The lowest BCUT2D eigenvalue weighted by Gasteiger charge is -2.29. The number of anilines is 1. The number of aromatic nitrogens is 1. The van der Waals surface area contributed by atoms with Gasteiger partial charge in [-0.15, -0.1) is 11.8 Å². The lowest BCUT2D eigenvalue weighted by molar-refractivity contribution is 0.174. The third-order valence-electron chi connectivity index (χ3n) is 3.72. The van der Waals surface area contributed by atoms with Crippen molar-refractivity contribution in [2.75, 3.05) is 24.0 Å². The molecule has 1 N–H and O–H groups in total. The summed E-state index contributed by atoms with van der Waals surface area (Å²) < 4.78 is 10.9. The first-order chi connectivity index (χ1) is 11.4. The molecule has 118 valence electrons. The number of rotatable bonds is 4. The SMILES string of the molecule is C1=C(N(Cc2cccnc2)c2ccc3c(c2)OCO3)SCCN1. The van der Waals surface area contributed by atoms with E-state index in [1.165, 1.54) is 5.03 Å². The van der Waals surface area contributed by atoms with Gasteiger partial charge < -0.3 is 19.7 Å². The predicted molar refractivity (Wildman–Crippen MR) is 91.5 cm³/mol. The number of fused-ring (bicyclic) bond motifs is 1. The summed E-state index contributed by atoms with van der Waals surface area (Å²) in [6.07, 6.45) is 5.78. The molecular formula is C17H17N3O2S. The van der Waals surface area contributed by atoms with Crippen molar-refractivity contribution < 1.29 is 9.47 Å². The van der Waals surface area contributed by atoms with E-state index in [0.717, 1.165) is 41.6 Å². The molecule has 4 rings (SSSR count). The summed E-state index contributed by atoms with van der Waals surface area (Å²) >= 11 is 1.85. The average Bonchev–Trinajstić information content (AvgIpc) is 3.09. The second-order valence-electron chi connectivity index (χ2n) is 5.27. The van der Waals surface area contributed by atoms with Gasteiger partial charge >= 0.3 is 0 Å². The van der Waals surface area contributed by atoms with Crippen molar-refractivity contribution in [3.05, 3.63) is 59.5 Å². The van der Waals surface area contributed by atoms with Crippen LogP contribution in [0.5, 0.6) is 11.5 Å². The van der Waals surface area contributed by atoms with Gasteiger partial charge in [-0.3, -0.25) is 4.98 Å². The molecule has 0 saturated carbocycles. The Kier molecular flexibility index (Phi) is 3.98. The van der Waals surface area contributed by atoms with Crippen molar-refractivity contribution in [2.45, 2.75) is 6.54 Å². The van der Waals surface area contributed by atoms with Crippen LogP contribution in [0.15, 0.2) is 54.0 Å². The number of nitrogens with zero attached hydrogens (tertiary/aromatic N) is 2. The molecule has 2 aliphatic rings. The minimum absolute atomic E-state index is 0.292. The Morgan fingerprint density at radius 3 is 3.00 bits per heavy atom. The largest absolute Gasteiger partial charge is 0.454 e. The molecule has 0 aliphatic carbocycles. The minimum Gasteiger partial charge on any atom is -0.454 e. The van der Waals surface area contributed by atoms with E-state index in [4.69, 9.17) is 9.47 Å². The van der Waals surface area contributed by atoms with E-state index in [-0.39, 0.29) is 0 Å². The highest BCUT2D eigenvalue weighted by Gasteiger charge is 2.20. The first-order valence-corrected chi connectivity index (χ1v) is 8.51. The molecule has 0 fully saturated rings. The number of benzene rings is 1. The highest BCUT2D eigenvalue weighted by atomic mass is 32.2. The van der Waals surface area contributed by atoms with E-state index < -0.39 is 0 Å². The molecule has 0 bridgehead atoms. The molecule has 0 spiro atoms. The van der Waals surface area contributed by atoms with Crippen LogP contribution in [0.4, 0.5) is 5.69 Å².